The number of nitrogens with two attached hydrogens (primary N) is 1. The van der Waals surface area contributed by atoms with Crippen molar-refractivity contribution in [1.29, 1.82) is 0 Å². The number of likely N-dealkylation sites (N-methyl/N-ethyl adjacent to an activating group) is 1. The first-order valence-corrected chi connectivity index (χ1v) is 14.3. The lowest BCUT2D eigenvalue weighted by molar-refractivity contribution is -0.146. The second-order valence-corrected chi connectivity index (χ2v) is 11.1. The molecule has 4 N–H and O–H groups in total. The Kier molecular flexibility index (Phi) is 7.93. The number of nitrogens with one attached hydrogen (secondary N) is 1. The zero-order valence-corrected chi connectivity index (χ0v) is 22.9. The van der Waals surface area contributed by atoms with Crippen molar-refractivity contribution in [3.8, 4) is 5.75 Å². The smallest absolute Gasteiger partial charge is 0.324 e. The fourth-order valence-corrected chi connectivity index (χ4v) is 6.47. The molecule has 2 heterocycles. The van der Waals surface area contributed by atoms with Gasteiger partial charge in [0.1, 0.15) is 23.0 Å². The summed E-state index contributed by atoms with van der Waals surface area (Å²) in [5.74, 6) is 1.06. The van der Waals surface area contributed by atoms with Crippen molar-refractivity contribution in [3.63, 3.8) is 0 Å². The molecule has 210 valence electrons. The van der Waals surface area contributed by atoms with Gasteiger partial charge in [0.25, 0.3) is 0 Å². The number of benzene rings is 1. The highest BCUT2D eigenvalue weighted by atomic mass is 16.5. The minimum atomic E-state index is -1.25. The number of fused-ring (bicyclic) bond motifs is 1. The van der Waals surface area contributed by atoms with Crippen LogP contribution in [0.5, 0.6) is 5.75 Å². The zero-order chi connectivity index (χ0) is 27.6. The quantitative estimate of drug-likeness (QED) is 0.402. The van der Waals surface area contributed by atoms with E-state index in [1.807, 2.05) is 24.3 Å². The van der Waals surface area contributed by atoms with Crippen LogP contribution in [0.3, 0.4) is 0 Å². The summed E-state index contributed by atoms with van der Waals surface area (Å²) in [6.45, 7) is 2.29. The SMILES string of the molecule is CC[C@@H]1C(=O)N(C)c2cnc(Nc3ccc(OCC[C@](N)(C(=O)O)C4CCCC4)cc3)nc2N1C1CCCC1. The summed E-state index contributed by atoms with van der Waals surface area (Å²) in [5, 5.41) is 13.0. The monoisotopic (exact) mass is 536 g/mol. The Labute approximate surface area is 229 Å². The number of hydrogen-bond donors (Lipinski definition) is 3. The Morgan fingerprint density at radius 1 is 1.15 bits per heavy atom. The number of aromatic nitrogens is 2. The molecule has 1 aromatic carbocycles. The number of amides is 1. The highest BCUT2D eigenvalue weighted by Crippen LogP contribution is 2.40. The average Bonchev–Trinajstić information content (AvgIpc) is 3.67. The van der Waals surface area contributed by atoms with E-state index in [-0.39, 0.29) is 30.9 Å². The third-order valence-electron chi connectivity index (χ3n) is 8.79. The average molecular weight is 537 g/mol. The highest BCUT2D eigenvalue weighted by molar-refractivity contribution is 6.04. The fourth-order valence-electron chi connectivity index (χ4n) is 6.47. The summed E-state index contributed by atoms with van der Waals surface area (Å²) in [5.41, 5.74) is 6.61. The van der Waals surface area contributed by atoms with Crippen LogP contribution in [0.4, 0.5) is 23.1 Å². The largest absolute Gasteiger partial charge is 0.494 e. The van der Waals surface area contributed by atoms with E-state index in [2.05, 4.69) is 22.1 Å². The summed E-state index contributed by atoms with van der Waals surface area (Å²) < 4.78 is 5.86. The third-order valence-corrected chi connectivity index (χ3v) is 8.79. The van der Waals surface area contributed by atoms with E-state index in [0.717, 1.165) is 62.1 Å². The molecule has 0 bridgehead atoms. The number of carboxylic acids is 1. The maximum atomic E-state index is 13.1. The Hall–Kier alpha value is -3.40. The van der Waals surface area contributed by atoms with Crippen LogP contribution in [-0.4, -0.2) is 58.2 Å². The molecule has 2 fully saturated rings. The molecule has 0 radical (unpaired) electrons. The van der Waals surface area contributed by atoms with E-state index in [1.54, 1.807) is 18.1 Å². The van der Waals surface area contributed by atoms with Gasteiger partial charge in [-0.15, -0.1) is 0 Å². The van der Waals surface area contributed by atoms with Gasteiger partial charge >= 0.3 is 5.97 Å². The first-order chi connectivity index (χ1) is 18.8. The minimum absolute atomic E-state index is 0.00287. The molecule has 10 nitrogen and oxygen atoms in total. The van der Waals surface area contributed by atoms with E-state index >= 15 is 0 Å². The predicted octanol–water partition coefficient (Wildman–Crippen LogP) is 4.47. The molecule has 1 amide bonds. The van der Waals surface area contributed by atoms with Crippen LogP contribution in [0, 0.1) is 5.92 Å². The van der Waals surface area contributed by atoms with Crippen molar-refractivity contribution >= 4 is 35.0 Å². The summed E-state index contributed by atoms with van der Waals surface area (Å²) >= 11 is 0. The molecule has 0 saturated heterocycles. The van der Waals surface area contributed by atoms with Gasteiger partial charge in [0, 0.05) is 25.2 Å². The fraction of sp³-hybridized carbons (Fsp3) is 0.586. The Bertz CT molecular complexity index is 1180. The molecule has 39 heavy (non-hydrogen) atoms. The summed E-state index contributed by atoms with van der Waals surface area (Å²) in [6.07, 6.45) is 11.0. The van der Waals surface area contributed by atoms with Gasteiger partial charge in [-0.1, -0.05) is 32.6 Å². The highest BCUT2D eigenvalue weighted by Gasteiger charge is 2.43. The number of nitrogens with zero attached hydrogens (tertiary/aromatic N) is 4. The molecular formula is C29H40N6O4. The van der Waals surface area contributed by atoms with E-state index in [4.69, 9.17) is 15.5 Å². The standard InChI is InChI=1S/C29H40N6O4/c1-3-23-26(36)34(2)24-18-31-28(33-25(24)35(23)21-10-6-7-11-21)32-20-12-14-22(15-13-20)39-17-16-29(30,27(37)38)19-8-4-5-9-19/h12-15,18-19,21,23H,3-11,16-17,30H2,1-2H3,(H,37,38)(H,31,32,33)/t23-,29-/m1/s1. The zero-order valence-electron chi connectivity index (χ0n) is 22.9. The Morgan fingerprint density at radius 2 is 1.82 bits per heavy atom. The summed E-state index contributed by atoms with van der Waals surface area (Å²) in [6, 6.07) is 7.52. The molecule has 0 spiro atoms. The van der Waals surface area contributed by atoms with Crippen LogP contribution < -0.4 is 25.6 Å². The van der Waals surface area contributed by atoms with Gasteiger partial charge in [0.15, 0.2) is 5.82 Å². The maximum Gasteiger partial charge on any atom is 0.324 e. The molecule has 3 aliphatic rings. The van der Waals surface area contributed by atoms with Crippen molar-refractivity contribution in [3.05, 3.63) is 30.5 Å². The van der Waals surface area contributed by atoms with Gasteiger partial charge in [-0.05, 0) is 62.3 Å². The molecular weight excluding hydrogens is 496 g/mol. The number of aliphatic carboxylic acids is 1. The van der Waals surface area contributed by atoms with Crippen molar-refractivity contribution in [2.75, 3.05) is 28.8 Å². The molecule has 2 aromatic rings. The van der Waals surface area contributed by atoms with Crippen molar-refractivity contribution < 1.29 is 19.4 Å². The van der Waals surface area contributed by atoms with Gasteiger partial charge < -0.3 is 30.7 Å². The van der Waals surface area contributed by atoms with Gasteiger partial charge in [0.2, 0.25) is 11.9 Å². The number of rotatable bonds is 10. The van der Waals surface area contributed by atoms with E-state index < -0.39 is 11.5 Å². The van der Waals surface area contributed by atoms with Gasteiger partial charge in [0.05, 0.1) is 12.8 Å². The van der Waals surface area contributed by atoms with Gasteiger partial charge in [-0.25, -0.2) is 4.98 Å². The normalized spacial score (nSPS) is 21.6. The van der Waals surface area contributed by atoms with Crippen molar-refractivity contribution in [1.82, 2.24) is 9.97 Å². The van der Waals surface area contributed by atoms with Crippen LogP contribution in [-0.2, 0) is 9.59 Å². The van der Waals surface area contributed by atoms with Crippen LogP contribution in [0.15, 0.2) is 30.5 Å². The van der Waals surface area contributed by atoms with Gasteiger partial charge in [-0.2, -0.15) is 4.98 Å². The molecule has 0 unspecified atom stereocenters. The summed E-state index contributed by atoms with van der Waals surface area (Å²) in [7, 11) is 1.80. The molecule has 2 atom stereocenters. The lowest BCUT2D eigenvalue weighted by atomic mass is 9.81. The topological polar surface area (TPSA) is 134 Å². The van der Waals surface area contributed by atoms with E-state index in [0.29, 0.717) is 17.7 Å². The van der Waals surface area contributed by atoms with E-state index in [9.17, 15) is 14.7 Å². The molecule has 2 aliphatic carbocycles. The number of hydrogen-bond acceptors (Lipinski definition) is 8. The number of ether oxygens (including phenoxy) is 1. The lowest BCUT2D eigenvalue weighted by Crippen LogP contribution is -2.55. The Balaban J connectivity index is 1.26. The minimum Gasteiger partial charge on any atom is -0.494 e. The van der Waals surface area contributed by atoms with Crippen LogP contribution in [0.2, 0.25) is 0 Å². The summed E-state index contributed by atoms with van der Waals surface area (Å²) in [4.78, 5) is 38.3. The number of anilines is 4. The lowest BCUT2D eigenvalue weighted by Gasteiger charge is -2.43. The number of carbonyl (C=O) groups is 2. The number of carboxylic acid groups (broad SMARTS) is 1. The van der Waals surface area contributed by atoms with Crippen LogP contribution in [0.1, 0.15) is 71.1 Å². The number of carbonyl (C=O) groups excluding carboxylic acids is 1. The predicted molar refractivity (Wildman–Crippen MR) is 151 cm³/mol. The molecule has 5 rings (SSSR count). The maximum absolute atomic E-state index is 13.1. The van der Waals surface area contributed by atoms with Crippen molar-refractivity contribution in [2.24, 2.45) is 11.7 Å². The molecule has 1 aromatic heterocycles. The van der Waals surface area contributed by atoms with Crippen LogP contribution in [0.25, 0.3) is 0 Å². The van der Waals surface area contributed by atoms with Crippen molar-refractivity contribution in [2.45, 2.75) is 88.8 Å². The van der Waals surface area contributed by atoms with E-state index in [1.165, 1.54) is 12.8 Å². The third kappa shape index (κ3) is 5.39. The first kappa shape index (κ1) is 27.2. The van der Waals surface area contributed by atoms with Gasteiger partial charge in [-0.3, -0.25) is 9.59 Å². The molecule has 2 saturated carbocycles. The van der Waals surface area contributed by atoms with Crippen LogP contribution >= 0.6 is 0 Å². The second-order valence-electron chi connectivity index (χ2n) is 11.1. The Morgan fingerprint density at radius 3 is 2.46 bits per heavy atom. The molecule has 1 aliphatic heterocycles. The second kappa shape index (κ2) is 11.4. The molecule has 10 heteroatoms. The first-order valence-electron chi connectivity index (χ1n) is 14.3.